The molecule has 0 aliphatic carbocycles. The van der Waals surface area contributed by atoms with Crippen LogP contribution in [0.3, 0.4) is 0 Å². The molecule has 0 amide bonds. The third kappa shape index (κ3) is 2.83. The van der Waals surface area contributed by atoms with Crippen LogP contribution in [0.1, 0.15) is 16.1 Å². The Kier molecular flexibility index (Phi) is 3.80. The summed E-state index contributed by atoms with van der Waals surface area (Å²) in [4.78, 5) is 20.2. The van der Waals surface area contributed by atoms with Crippen molar-refractivity contribution in [1.29, 1.82) is 0 Å². The zero-order valence-corrected chi connectivity index (χ0v) is 11.7. The van der Waals surface area contributed by atoms with Gasteiger partial charge in [-0.15, -0.1) is 0 Å². The van der Waals surface area contributed by atoms with Gasteiger partial charge in [-0.2, -0.15) is 0 Å². The van der Waals surface area contributed by atoms with Crippen molar-refractivity contribution in [3.8, 4) is 5.88 Å². The molecular weight excluding hydrogens is 280 g/mol. The number of aromatic nitrogens is 2. The summed E-state index contributed by atoms with van der Waals surface area (Å²) < 4.78 is 28.0. The van der Waals surface area contributed by atoms with Crippen molar-refractivity contribution in [3.05, 3.63) is 47.9 Å². The highest BCUT2D eigenvalue weighted by Crippen LogP contribution is 2.18. The Balaban J connectivity index is 2.49. The third-order valence-corrected chi connectivity index (χ3v) is 3.71. The molecule has 0 aliphatic rings. The molecule has 104 valence electrons. The van der Waals surface area contributed by atoms with E-state index in [4.69, 9.17) is 4.74 Å². The Morgan fingerprint density at radius 3 is 2.55 bits per heavy atom. The SMILES string of the molecule is COc1nccnc1C(=O)c1cccc(S(C)(=O)=O)c1. The topological polar surface area (TPSA) is 86.2 Å². The van der Waals surface area contributed by atoms with Crippen LogP contribution in [-0.2, 0) is 9.84 Å². The Bertz CT molecular complexity index is 756. The molecule has 0 radical (unpaired) electrons. The van der Waals surface area contributed by atoms with Crippen LogP contribution in [0.5, 0.6) is 5.88 Å². The lowest BCUT2D eigenvalue weighted by Crippen LogP contribution is -2.09. The molecule has 2 rings (SSSR count). The van der Waals surface area contributed by atoms with E-state index in [1.54, 1.807) is 0 Å². The third-order valence-electron chi connectivity index (χ3n) is 2.60. The van der Waals surface area contributed by atoms with E-state index < -0.39 is 15.6 Å². The van der Waals surface area contributed by atoms with Crippen molar-refractivity contribution in [2.75, 3.05) is 13.4 Å². The molecule has 1 aromatic carbocycles. The minimum absolute atomic E-state index is 0.0423. The van der Waals surface area contributed by atoms with Gasteiger partial charge in [-0.1, -0.05) is 12.1 Å². The number of hydrogen-bond acceptors (Lipinski definition) is 6. The number of carbonyl (C=O) groups excluding carboxylic acids is 1. The van der Waals surface area contributed by atoms with E-state index in [-0.39, 0.29) is 22.0 Å². The molecule has 0 unspecified atom stereocenters. The predicted octanol–water partition coefficient (Wildman–Crippen LogP) is 1.12. The highest BCUT2D eigenvalue weighted by atomic mass is 32.2. The van der Waals surface area contributed by atoms with Crippen LogP contribution in [0.25, 0.3) is 0 Å². The molecule has 1 aromatic heterocycles. The molecule has 1 heterocycles. The first-order chi connectivity index (χ1) is 9.43. The maximum Gasteiger partial charge on any atom is 0.243 e. The highest BCUT2D eigenvalue weighted by Gasteiger charge is 2.18. The van der Waals surface area contributed by atoms with Gasteiger partial charge in [-0.05, 0) is 12.1 Å². The summed E-state index contributed by atoms with van der Waals surface area (Å²) in [5.74, 6) is -0.345. The monoisotopic (exact) mass is 292 g/mol. The molecule has 2 aromatic rings. The van der Waals surface area contributed by atoms with Crippen molar-refractivity contribution in [1.82, 2.24) is 9.97 Å². The van der Waals surface area contributed by atoms with Crippen LogP contribution >= 0.6 is 0 Å². The van der Waals surface area contributed by atoms with Gasteiger partial charge in [0.1, 0.15) is 0 Å². The van der Waals surface area contributed by atoms with Crippen LogP contribution < -0.4 is 4.74 Å². The number of nitrogens with zero attached hydrogens (tertiary/aromatic N) is 2. The summed E-state index contributed by atoms with van der Waals surface area (Å²) in [5.41, 5.74) is 0.257. The second kappa shape index (κ2) is 5.38. The fourth-order valence-corrected chi connectivity index (χ4v) is 2.30. The van der Waals surface area contributed by atoms with Gasteiger partial charge in [0.15, 0.2) is 15.5 Å². The van der Waals surface area contributed by atoms with Crippen LogP contribution in [0.15, 0.2) is 41.6 Å². The summed E-state index contributed by atoms with van der Waals surface area (Å²) in [5, 5.41) is 0. The summed E-state index contributed by atoms with van der Waals surface area (Å²) in [6, 6.07) is 5.77. The van der Waals surface area contributed by atoms with Crippen LogP contribution in [0, 0.1) is 0 Å². The average molecular weight is 292 g/mol. The van der Waals surface area contributed by atoms with Gasteiger partial charge >= 0.3 is 0 Å². The van der Waals surface area contributed by atoms with Gasteiger partial charge in [0.05, 0.1) is 12.0 Å². The van der Waals surface area contributed by atoms with Gasteiger partial charge in [0.25, 0.3) is 0 Å². The van der Waals surface area contributed by atoms with Crippen LogP contribution in [0.2, 0.25) is 0 Å². The molecule has 0 saturated heterocycles. The van der Waals surface area contributed by atoms with Crippen molar-refractivity contribution in [2.45, 2.75) is 4.90 Å². The molecule has 0 atom stereocenters. The van der Waals surface area contributed by atoms with Gasteiger partial charge in [0, 0.05) is 24.2 Å². The minimum Gasteiger partial charge on any atom is -0.479 e. The number of hydrogen-bond donors (Lipinski definition) is 0. The standard InChI is InChI=1S/C13H12N2O4S/c1-19-13-11(14-6-7-15-13)12(16)9-4-3-5-10(8-9)20(2,17)18/h3-8H,1-2H3. The van der Waals surface area contributed by atoms with Gasteiger partial charge < -0.3 is 4.74 Å². The lowest BCUT2D eigenvalue weighted by Gasteiger charge is -2.06. The molecule has 7 heteroatoms. The molecular formula is C13H12N2O4S. The zero-order chi connectivity index (χ0) is 14.8. The molecule has 0 saturated carbocycles. The number of benzene rings is 1. The maximum absolute atomic E-state index is 12.3. The zero-order valence-electron chi connectivity index (χ0n) is 10.9. The van der Waals surface area contributed by atoms with Gasteiger partial charge in [-0.3, -0.25) is 4.79 Å². The second-order valence-electron chi connectivity index (χ2n) is 4.04. The lowest BCUT2D eigenvalue weighted by atomic mass is 10.1. The predicted molar refractivity (Wildman–Crippen MR) is 71.6 cm³/mol. The number of ether oxygens (including phenoxy) is 1. The Hall–Kier alpha value is -2.28. The Labute approximate surface area is 116 Å². The Morgan fingerprint density at radius 2 is 1.90 bits per heavy atom. The molecule has 0 spiro atoms. The van der Waals surface area contributed by atoms with E-state index in [1.807, 2.05) is 0 Å². The van der Waals surface area contributed by atoms with Crippen molar-refractivity contribution in [2.24, 2.45) is 0 Å². The summed E-state index contributed by atoms with van der Waals surface area (Å²) >= 11 is 0. The number of rotatable bonds is 4. The van der Waals surface area contributed by atoms with Crippen molar-refractivity contribution < 1.29 is 17.9 Å². The van der Waals surface area contributed by atoms with Crippen molar-refractivity contribution >= 4 is 15.6 Å². The maximum atomic E-state index is 12.3. The van der Waals surface area contributed by atoms with Gasteiger partial charge in [-0.25, -0.2) is 18.4 Å². The summed E-state index contributed by atoms with van der Waals surface area (Å²) in [6.07, 6.45) is 3.86. The minimum atomic E-state index is -3.38. The van der Waals surface area contributed by atoms with E-state index in [9.17, 15) is 13.2 Å². The first-order valence-corrected chi connectivity index (χ1v) is 7.52. The fourth-order valence-electron chi connectivity index (χ4n) is 1.64. The molecule has 0 aliphatic heterocycles. The molecule has 0 fully saturated rings. The molecule has 0 bridgehead atoms. The lowest BCUT2D eigenvalue weighted by molar-refractivity contribution is 0.103. The van der Waals surface area contributed by atoms with E-state index in [2.05, 4.69) is 9.97 Å². The van der Waals surface area contributed by atoms with E-state index in [0.29, 0.717) is 0 Å². The molecule has 6 nitrogen and oxygen atoms in total. The number of sulfone groups is 1. The van der Waals surface area contributed by atoms with Gasteiger partial charge in [0.2, 0.25) is 11.7 Å². The highest BCUT2D eigenvalue weighted by molar-refractivity contribution is 7.90. The number of ketones is 1. The van der Waals surface area contributed by atoms with E-state index in [1.165, 1.54) is 43.8 Å². The van der Waals surface area contributed by atoms with Crippen LogP contribution in [0.4, 0.5) is 0 Å². The Morgan fingerprint density at radius 1 is 1.20 bits per heavy atom. The first kappa shape index (κ1) is 14.1. The van der Waals surface area contributed by atoms with E-state index >= 15 is 0 Å². The average Bonchev–Trinajstić information content (AvgIpc) is 2.45. The smallest absolute Gasteiger partial charge is 0.243 e. The van der Waals surface area contributed by atoms with E-state index in [0.717, 1.165) is 6.26 Å². The van der Waals surface area contributed by atoms with Crippen LogP contribution in [-0.4, -0.2) is 37.5 Å². The summed E-state index contributed by atoms with van der Waals surface area (Å²) in [6.45, 7) is 0. The first-order valence-electron chi connectivity index (χ1n) is 5.63. The fraction of sp³-hybridized carbons (Fsp3) is 0.154. The molecule has 20 heavy (non-hydrogen) atoms. The largest absolute Gasteiger partial charge is 0.479 e. The summed E-state index contributed by atoms with van der Waals surface area (Å²) in [7, 11) is -1.99. The normalized spacial score (nSPS) is 11.1. The second-order valence-corrected chi connectivity index (χ2v) is 6.06. The molecule has 0 N–H and O–H groups in total. The quantitative estimate of drug-likeness (QED) is 0.785. The number of methoxy groups -OCH3 is 1. The van der Waals surface area contributed by atoms with Crippen molar-refractivity contribution in [3.63, 3.8) is 0 Å². The number of carbonyl (C=O) groups is 1.